The molecule has 2 aromatic rings. The van der Waals surface area contributed by atoms with Crippen molar-refractivity contribution < 1.29 is 9.90 Å². The summed E-state index contributed by atoms with van der Waals surface area (Å²) in [6, 6.07) is 17.7. The van der Waals surface area contributed by atoms with Crippen molar-refractivity contribution in [3.05, 3.63) is 65.7 Å². The van der Waals surface area contributed by atoms with Gasteiger partial charge in [-0.15, -0.1) is 0 Å². The maximum absolute atomic E-state index is 11.3. The minimum Gasteiger partial charge on any atom is -0.481 e. The monoisotopic (exact) mass is 356 g/mol. The van der Waals surface area contributed by atoms with E-state index < -0.39 is 11.4 Å². The van der Waals surface area contributed by atoms with Crippen LogP contribution in [0.3, 0.4) is 0 Å². The highest BCUT2D eigenvalue weighted by Crippen LogP contribution is 2.31. The molecule has 0 fully saturated rings. The van der Waals surface area contributed by atoms with Crippen molar-refractivity contribution in [1.29, 1.82) is 0 Å². The number of benzene rings is 2. The quantitative estimate of drug-likeness (QED) is 0.652. The van der Waals surface area contributed by atoms with E-state index in [1.165, 1.54) is 0 Å². The van der Waals surface area contributed by atoms with E-state index in [0.29, 0.717) is 18.1 Å². The van der Waals surface area contributed by atoms with E-state index in [0.717, 1.165) is 16.8 Å². The first-order valence-electron chi connectivity index (χ1n) is 8.28. The van der Waals surface area contributed by atoms with Gasteiger partial charge in [0.05, 0.1) is 6.42 Å². The van der Waals surface area contributed by atoms with Gasteiger partial charge in [0.25, 0.3) is 0 Å². The van der Waals surface area contributed by atoms with Gasteiger partial charge in [0.2, 0.25) is 0 Å². The van der Waals surface area contributed by atoms with Gasteiger partial charge in [-0.1, -0.05) is 49.4 Å². The van der Waals surface area contributed by atoms with E-state index in [1.807, 2.05) is 68.4 Å². The fraction of sp³-hybridized carbons (Fsp3) is 0.300. The minimum atomic E-state index is -0.799. The highest BCUT2D eigenvalue weighted by Gasteiger charge is 2.29. The molecule has 1 atom stereocenters. The third-order valence-corrected chi connectivity index (χ3v) is 4.50. The molecular formula is C20H24N2O2S. The molecule has 132 valence electrons. The molecule has 1 unspecified atom stereocenters. The lowest BCUT2D eigenvalue weighted by Gasteiger charge is -2.29. The lowest BCUT2D eigenvalue weighted by molar-refractivity contribution is -0.138. The van der Waals surface area contributed by atoms with Crippen LogP contribution in [0.4, 0.5) is 5.69 Å². The van der Waals surface area contributed by atoms with Crippen molar-refractivity contribution in [2.24, 2.45) is 0 Å². The van der Waals surface area contributed by atoms with E-state index >= 15 is 0 Å². The van der Waals surface area contributed by atoms with Crippen LogP contribution < -0.4 is 10.6 Å². The molecule has 0 heterocycles. The van der Waals surface area contributed by atoms with Gasteiger partial charge in [-0.25, -0.2) is 0 Å². The zero-order valence-electron chi connectivity index (χ0n) is 14.6. The zero-order chi connectivity index (χ0) is 18.3. The molecule has 5 heteroatoms. The lowest BCUT2D eigenvalue weighted by Crippen LogP contribution is -2.35. The molecule has 4 nitrogen and oxygen atoms in total. The first-order valence-corrected chi connectivity index (χ1v) is 8.69. The van der Waals surface area contributed by atoms with E-state index in [1.54, 1.807) is 0 Å². The summed E-state index contributed by atoms with van der Waals surface area (Å²) in [7, 11) is 0. The Kier molecular flexibility index (Phi) is 6.53. The summed E-state index contributed by atoms with van der Waals surface area (Å²) in [5, 5.41) is 16.1. The van der Waals surface area contributed by atoms with Crippen LogP contribution >= 0.6 is 12.2 Å². The van der Waals surface area contributed by atoms with Crippen molar-refractivity contribution in [2.75, 3.05) is 11.9 Å². The van der Waals surface area contributed by atoms with Crippen LogP contribution in [0.5, 0.6) is 0 Å². The number of carboxylic acid groups (broad SMARTS) is 1. The van der Waals surface area contributed by atoms with Crippen LogP contribution in [0.2, 0.25) is 0 Å². The van der Waals surface area contributed by atoms with Crippen molar-refractivity contribution in [2.45, 2.75) is 32.1 Å². The Morgan fingerprint density at radius 1 is 1.16 bits per heavy atom. The van der Waals surface area contributed by atoms with Gasteiger partial charge >= 0.3 is 5.97 Å². The van der Waals surface area contributed by atoms with Gasteiger partial charge in [0.1, 0.15) is 0 Å². The first kappa shape index (κ1) is 18.9. The van der Waals surface area contributed by atoms with Crippen LogP contribution in [0.25, 0.3) is 0 Å². The Balaban J connectivity index is 1.94. The van der Waals surface area contributed by atoms with Gasteiger partial charge in [0.15, 0.2) is 5.11 Å². The molecule has 2 rings (SSSR count). The molecule has 25 heavy (non-hydrogen) atoms. The summed E-state index contributed by atoms with van der Waals surface area (Å²) >= 11 is 5.33. The van der Waals surface area contributed by atoms with Gasteiger partial charge in [-0.2, -0.15) is 0 Å². The number of hydrogen-bond acceptors (Lipinski definition) is 2. The van der Waals surface area contributed by atoms with Crippen molar-refractivity contribution >= 4 is 29.0 Å². The molecule has 0 aliphatic heterocycles. The second kappa shape index (κ2) is 8.62. The topological polar surface area (TPSA) is 61.4 Å². The number of thiocarbonyl (C=S) groups is 1. The average Bonchev–Trinajstić information content (AvgIpc) is 2.55. The Labute approximate surface area is 154 Å². The van der Waals surface area contributed by atoms with E-state index in [4.69, 9.17) is 12.2 Å². The molecule has 0 amide bonds. The highest BCUT2D eigenvalue weighted by molar-refractivity contribution is 7.80. The molecule has 0 saturated carbocycles. The average molecular weight is 356 g/mol. The molecular weight excluding hydrogens is 332 g/mol. The second-order valence-corrected chi connectivity index (χ2v) is 6.91. The van der Waals surface area contributed by atoms with Crippen molar-refractivity contribution in [3.63, 3.8) is 0 Å². The minimum absolute atomic E-state index is 0.0801. The highest BCUT2D eigenvalue weighted by atomic mass is 32.1. The fourth-order valence-electron chi connectivity index (χ4n) is 2.86. The normalized spacial score (nSPS) is 12.9. The second-order valence-electron chi connectivity index (χ2n) is 6.50. The molecule has 0 saturated heterocycles. The third kappa shape index (κ3) is 5.87. The molecule has 0 spiro atoms. The standard InChI is InChI=1S/C20H24N2O2S/c1-15-7-6-10-17(13-15)22-19(25)21-12-11-20(2,14-18(23)24)16-8-4-3-5-9-16/h3-10,13H,11-12,14H2,1-2H3,(H,23,24)(H2,21,22,25). The lowest BCUT2D eigenvalue weighted by atomic mass is 9.77. The summed E-state index contributed by atoms with van der Waals surface area (Å²) < 4.78 is 0. The summed E-state index contributed by atoms with van der Waals surface area (Å²) in [4.78, 5) is 11.3. The molecule has 0 aromatic heterocycles. The van der Waals surface area contributed by atoms with Crippen LogP contribution in [-0.2, 0) is 10.2 Å². The van der Waals surface area contributed by atoms with Gasteiger partial charge < -0.3 is 15.7 Å². The van der Waals surface area contributed by atoms with Crippen molar-refractivity contribution in [1.82, 2.24) is 5.32 Å². The summed E-state index contributed by atoms with van der Waals surface area (Å²) in [5.41, 5.74) is 2.68. The van der Waals surface area contributed by atoms with Crippen molar-refractivity contribution in [3.8, 4) is 0 Å². The summed E-state index contributed by atoms with van der Waals surface area (Å²) in [6.07, 6.45) is 0.746. The molecule has 3 N–H and O–H groups in total. The van der Waals surface area contributed by atoms with Crippen LogP contribution in [0.15, 0.2) is 54.6 Å². The first-order chi connectivity index (χ1) is 11.9. The maximum Gasteiger partial charge on any atom is 0.304 e. The SMILES string of the molecule is Cc1cccc(NC(=S)NCCC(C)(CC(=O)O)c2ccccc2)c1. The predicted molar refractivity (Wildman–Crippen MR) is 106 cm³/mol. The number of anilines is 1. The largest absolute Gasteiger partial charge is 0.481 e. The number of carboxylic acids is 1. The third-order valence-electron chi connectivity index (χ3n) is 4.25. The predicted octanol–water partition coefficient (Wildman–Crippen LogP) is 4.10. The Morgan fingerprint density at radius 3 is 2.52 bits per heavy atom. The smallest absolute Gasteiger partial charge is 0.304 e. The van der Waals surface area contributed by atoms with E-state index in [-0.39, 0.29) is 6.42 Å². The number of rotatable bonds is 7. The van der Waals surface area contributed by atoms with E-state index in [2.05, 4.69) is 10.6 Å². The van der Waals surface area contributed by atoms with Gasteiger partial charge in [0, 0.05) is 17.6 Å². The number of carbonyl (C=O) groups is 1. The number of hydrogen-bond donors (Lipinski definition) is 3. The zero-order valence-corrected chi connectivity index (χ0v) is 15.4. The number of aliphatic carboxylic acids is 1. The Hall–Kier alpha value is -2.40. The molecule has 0 aliphatic rings. The molecule has 0 bridgehead atoms. The number of nitrogens with one attached hydrogen (secondary N) is 2. The molecule has 2 aromatic carbocycles. The summed E-state index contributed by atoms with van der Waals surface area (Å²) in [5.74, 6) is -0.799. The van der Waals surface area contributed by atoms with Crippen LogP contribution in [-0.4, -0.2) is 22.7 Å². The van der Waals surface area contributed by atoms with E-state index in [9.17, 15) is 9.90 Å². The van der Waals surface area contributed by atoms with Crippen LogP contribution in [0.1, 0.15) is 30.9 Å². The number of aryl methyl sites for hydroxylation is 1. The van der Waals surface area contributed by atoms with Crippen LogP contribution in [0, 0.1) is 6.92 Å². The molecule has 0 radical (unpaired) electrons. The summed E-state index contributed by atoms with van der Waals surface area (Å²) in [6.45, 7) is 4.60. The van der Waals surface area contributed by atoms with Gasteiger partial charge in [-0.3, -0.25) is 4.79 Å². The Morgan fingerprint density at radius 2 is 1.88 bits per heavy atom. The fourth-order valence-corrected chi connectivity index (χ4v) is 3.08. The Bertz CT molecular complexity index is 733. The molecule has 0 aliphatic carbocycles. The van der Waals surface area contributed by atoms with Gasteiger partial charge in [-0.05, 0) is 48.8 Å². The maximum atomic E-state index is 11.3.